The molecule has 2 heteroatoms. The van der Waals surface area contributed by atoms with Crippen LogP contribution in [0.15, 0.2) is 109 Å². The maximum Gasteiger partial charge on any atom is 0.113 e. The topological polar surface area (TPSA) is 12.5 Å². The van der Waals surface area contributed by atoms with Crippen LogP contribution in [0.2, 0.25) is 0 Å². The zero-order valence-electron chi connectivity index (χ0n) is 17.1. The second kappa shape index (κ2) is 8.17. The van der Waals surface area contributed by atoms with Crippen molar-refractivity contribution in [3.8, 4) is 11.1 Å². The van der Waals surface area contributed by atoms with E-state index < -0.39 is 0 Å². The average molecular weight is 392 g/mol. The van der Waals surface area contributed by atoms with Gasteiger partial charge >= 0.3 is 0 Å². The second-order valence-corrected chi connectivity index (χ2v) is 7.91. The molecule has 0 aliphatic carbocycles. The molecule has 30 heavy (non-hydrogen) atoms. The molecule has 0 saturated carbocycles. The quantitative estimate of drug-likeness (QED) is 0.362. The van der Waals surface area contributed by atoms with E-state index in [1.165, 1.54) is 27.8 Å². The highest BCUT2D eigenvalue weighted by molar-refractivity contribution is 5.63. The summed E-state index contributed by atoms with van der Waals surface area (Å²) in [6.07, 6.45) is 0.967. The largest absolute Gasteiger partial charge is 0.265 e. The lowest BCUT2D eigenvalue weighted by Crippen LogP contribution is -2.21. The van der Waals surface area contributed by atoms with Crippen molar-refractivity contribution in [1.29, 1.82) is 0 Å². The Kier molecular flexibility index (Phi) is 5.08. The highest BCUT2D eigenvalue weighted by Crippen LogP contribution is 2.44. The molecular weight excluding hydrogens is 366 g/mol. The summed E-state index contributed by atoms with van der Waals surface area (Å²) in [4.78, 5) is 6.49. The van der Waals surface area contributed by atoms with E-state index in [0.29, 0.717) is 0 Å². The van der Waals surface area contributed by atoms with Crippen molar-refractivity contribution < 1.29 is 4.84 Å². The number of rotatable bonds is 4. The molecule has 1 saturated heterocycles. The zero-order valence-corrected chi connectivity index (χ0v) is 17.1. The van der Waals surface area contributed by atoms with Gasteiger partial charge in [-0.2, -0.15) is 0 Å². The van der Waals surface area contributed by atoms with Crippen LogP contribution in [-0.2, 0) is 4.84 Å². The molecule has 1 aliphatic rings. The predicted octanol–water partition coefficient (Wildman–Crippen LogP) is 7.29. The van der Waals surface area contributed by atoms with Gasteiger partial charge in [-0.05, 0) is 41.3 Å². The lowest BCUT2D eigenvalue weighted by molar-refractivity contribution is 0.0836. The molecule has 148 valence electrons. The van der Waals surface area contributed by atoms with E-state index in [1.807, 2.05) is 0 Å². The molecule has 4 aromatic carbocycles. The van der Waals surface area contributed by atoms with Crippen LogP contribution in [0.25, 0.3) is 11.1 Å². The van der Waals surface area contributed by atoms with Gasteiger partial charge in [0, 0.05) is 6.42 Å². The van der Waals surface area contributed by atoms with Crippen LogP contribution in [0.5, 0.6) is 0 Å². The van der Waals surface area contributed by atoms with E-state index >= 15 is 0 Å². The Morgan fingerprint density at radius 2 is 1.23 bits per heavy atom. The van der Waals surface area contributed by atoms with Crippen LogP contribution in [0.4, 0.5) is 5.69 Å². The number of hydrogen-bond acceptors (Lipinski definition) is 2. The molecule has 1 heterocycles. The minimum Gasteiger partial charge on any atom is -0.265 e. The third-order valence-electron chi connectivity index (χ3n) is 5.82. The number of hydrogen-bond donors (Lipinski definition) is 0. The maximum atomic E-state index is 6.49. The molecule has 2 atom stereocenters. The Labute approximate surface area is 178 Å². The fourth-order valence-corrected chi connectivity index (χ4v) is 4.15. The van der Waals surface area contributed by atoms with E-state index in [4.69, 9.17) is 4.84 Å². The molecular formula is C28H25NO. The van der Waals surface area contributed by atoms with Crippen molar-refractivity contribution in [2.75, 3.05) is 5.06 Å². The first-order chi connectivity index (χ1) is 14.8. The third kappa shape index (κ3) is 3.74. The molecule has 4 aromatic rings. The van der Waals surface area contributed by atoms with Gasteiger partial charge in [0.15, 0.2) is 0 Å². The number of benzene rings is 4. The van der Waals surface area contributed by atoms with Gasteiger partial charge < -0.3 is 0 Å². The van der Waals surface area contributed by atoms with Gasteiger partial charge in [-0.1, -0.05) is 103 Å². The van der Waals surface area contributed by atoms with E-state index in [0.717, 1.165) is 12.1 Å². The smallest absolute Gasteiger partial charge is 0.113 e. The van der Waals surface area contributed by atoms with Crippen molar-refractivity contribution in [3.63, 3.8) is 0 Å². The normalized spacial score (nSPS) is 18.5. The number of anilines is 1. The number of nitrogens with zero attached hydrogens (tertiary/aromatic N) is 1. The van der Waals surface area contributed by atoms with Crippen LogP contribution in [0.3, 0.4) is 0 Å². The molecule has 1 fully saturated rings. The summed E-state index contributed by atoms with van der Waals surface area (Å²) in [6.45, 7) is 2.11. The van der Waals surface area contributed by atoms with Crippen molar-refractivity contribution in [3.05, 3.63) is 126 Å². The molecule has 0 N–H and O–H groups in total. The molecule has 2 unspecified atom stereocenters. The Morgan fingerprint density at radius 1 is 0.633 bits per heavy atom. The van der Waals surface area contributed by atoms with Gasteiger partial charge in [0.2, 0.25) is 0 Å². The fourth-order valence-electron chi connectivity index (χ4n) is 4.15. The van der Waals surface area contributed by atoms with Crippen LogP contribution in [-0.4, -0.2) is 0 Å². The second-order valence-electron chi connectivity index (χ2n) is 7.91. The molecule has 0 radical (unpaired) electrons. The average Bonchev–Trinajstić information content (AvgIpc) is 3.26. The molecule has 1 aliphatic heterocycles. The third-order valence-corrected chi connectivity index (χ3v) is 5.82. The monoisotopic (exact) mass is 391 g/mol. The van der Waals surface area contributed by atoms with Crippen LogP contribution in [0, 0.1) is 6.92 Å². The van der Waals surface area contributed by atoms with Gasteiger partial charge in [-0.3, -0.25) is 4.84 Å². The van der Waals surface area contributed by atoms with Crippen LogP contribution in [0.1, 0.15) is 35.3 Å². The van der Waals surface area contributed by atoms with E-state index in [2.05, 4.69) is 121 Å². The lowest BCUT2D eigenvalue weighted by atomic mass is 9.95. The first-order valence-electron chi connectivity index (χ1n) is 10.5. The molecule has 2 nitrogen and oxygen atoms in total. The standard InChI is InChI=1S/C28H25NO/c1-21-12-18-26(19-13-21)29-27(20-28(30-29)25-10-6-3-7-11-25)24-16-14-23(15-17-24)22-8-4-2-5-9-22/h2-19,27-28H,20H2,1H3. The summed E-state index contributed by atoms with van der Waals surface area (Å²) in [5.41, 5.74) is 7.31. The summed E-state index contributed by atoms with van der Waals surface area (Å²) < 4.78 is 0. The van der Waals surface area contributed by atoms with Gasteiger partial charge in [-0.25, -0.2) is 5.06 Å². The van der Waals surface area contributed by atoms with Crippen molar-refractivity contribution in [2.24, 2.45) is 0 Å². The number of aryl methyl sites for hydroxylation is 1. The molecule has 0 spiro atoms. The Hall–Kier alpha value is -3.36. The van der Waals surface area contributed by atoms with E-state index in [9.17, 15) is 0 Å². The molecule has 0 bridgehead atoms. The summed E-state index contributed by atoms with van der Waals surface area (Å²) >= 11 is 0. The van der Waals surface area contributed by atoms with Crippen molar-refractivity contribution in [2.45, 2.75) is 25.5 Å². The molecule has 5 rings (SSSR count). The molecule has 0 amide bonds. The first-order valence-corrected chi connectivity index (χ1v) is 10.5. The van der Waals surface area contributed by atoms with Crippen LogP contribution < -0.4 is 5.06 Å². The van der Waals surface area contributed by atoms with Gasteiger partial charge in [0.1, 0.15) is 6.10 Å². The first kappa shape index (κ1) is 18.7. The fraction of sp³-hybridized carbons (Fsp3) is 0.143. The minimum absolute atomic E-state index is 0.0475. The molecule has 0 aromatic heterocycles. The van der Waals surface area contributed by atoms with Gasteiger partial charge in [0.25, 0.3) is 0 Å². The Morgan fingerprint density at radius 3 is 1.90 bits per heavy atom. The SMILES string of the molecule is Cc1ccc(N2OC(c3ccccc3)CC2c2ccc(-c3ccccc3)cc2)cc1. The van der Waals surface area contributed by atoms with Crippen LogP contribution >= 0.6 is 0 Å². The summed E-state index contributed by atoms with van der Waals surface area (Å²) in [6, 6.07) is 38.7. The Balaban J connectivity index is 1.48. The maximum absolute atomic E-state index is 6.49. The Bertz CT molecular complexity index is 1090. The van der Waals surface area contributed by atoms with Crippen molar-refractivity contribution >= 4 is 5.69 Å². The summed E-state index contributed by atoms with van der Waals surface area (Å²) in [5.74, 6) is 0. The van der Waals surface area contributed by atoms with E-state index in [1.54, 1.807) is 0 Å². The highest BCUT2D eigenvalue weighted by atomic mass is 16.7. The summed E-state index contributed by atoms with van der Waals surface area (Å²) in [7, 11) is 0. The van der Waals surface area contributed by atoms with Gasteiger partial charge in [0.05, 0.1) is 11.7 Å². The van der Waals surface area contributed by atoms with E-state index in [-0.39, 0.29) is 12.1 Å². The van der Waals surface area contributed by atoms with Gasteiger partial charge in [-0.15, -0.1) is 0 Å². The van der Waals surface area contributed by atoms with Crippen molar-refractivity contribution in [1.82, 2.24) is 0 Å². The minimum atomic E-state index is 0.0475. The highest BCUT2D eigenvalue weighted by Gasteiger charge is 2.35. The lowest BCUT2D eigenvalue weighted by Gasteiger charge is -2.25. The summed E-state index contributed by atoms with van der Waals surface area (Å²) in [5, 5.41) is 2.09. The number of hydroxylamine groups is 1. The predicted molar refractivity (Wildman–Crippen MR) is 123 cm³/mol. The zero-order chi connectivity index (χ0) is 20.3.